The molecule has 1 unspecified atom stereocenters. The molecular formula is C9H19NO3S. The molecular weight excluding hydrogens is 202 g/mol. The molecule has 5 heteroatoms. The van der Waals surface area contributed by atoms with Crippen LogP contribution in [0.15, 0.2) is 0 Å². The molecule has 1 aliphatic heterocycles. The van der Waals surface area contributed by atoms with E-state index in [2.05, 4.69) is 0 Å². The van der Waals surface area contributed by atoms with E-state index in [-0.39, 0.29) is 11.8 Å². The number of rotatable bonds is 3. The minimum absolute atomic E-state index is 0.109. The zero-order valence-corrected chi connectivity index (χ0v) is 9.84. The summed E-state index contributed by atoms with van der Waals surface area (Å²) in [6.45, 7) is 5.85. The third kappa shape index (κ3) is 2.93. The number of hydrogen-bond donors (Lipinski definition) is 1. The van der Waals surface area contributed by atoms with Crippen LogP contribution in [-0.2, 0) is 10.0 Å². The number of sulfonamides is 1. The summed E-state index contributed by atoms with van der Waals surface area (Å²) in [4.78, 5) is 0. The van der Waals surface area contributed by atoms with Crippen molar-refractivity contribution in [3.05, 3.63) is 0 Å². The summed E-state index contributed by atoms with van der Waals surface area (Å²) in [6, 6.07) is -0.109. The van der Waals surface area contributed by atoms with Gasteiger partial charge in [-0.1, -0.05) is 0 Å². The van der Waals surface area contributed by atoms with E-state index in [1.807, 2.05) is 6.92 Å². The van der Waals surface area contributed by atoms with Gasteiger partial charge in [0.05, 0.1) is 11.4 Å². The van der Waals surface area contributed by atoms with Gasteiger partial charge in [-0.15, -0.1) is 0 Å². The summed E-state index contributed by atoms with van der Waals surface area (Å²) in [7, 11) is -3.04. The van der Waals surface area contributed by atoms with Crippen LogP contribution < -0.4 is 0 Å². The lowest BCUT2D eigenvalue weighted by atomic mass is 10.0. The van der Waals surface area contributed by atoms with E-state index < -0.39 is 15.6 Å². The first kappa shape index (κ1) is 11.9. The van der Waals surface area contributed by atoms with Crippen LogP contribution in [0.5, 0.6) is 0 Å². The average molecular weight is 221 g/mol. The molecule has 0 radical (unpaired) electrons. The van der Waals surface area contributed by atoms with E-state index in [4.69, 9.17) is 0 Å². The second kappa shape index (κ2) is 3.79. The van der Waals surface area contributed by atoms with Gasteiger partial charge in [0.15, 0.2) is 0 Å². The molecule has 1 fully saturated rings. The summed E-state index contributed by atoms with van der Waals surface area (Å²) < 4.78 is 24.6. The quantitative estimate of drug-likeness (QED) is 0.758. The molecule has 0 amide bonds. The third-order valence-electron chi connectivity index (χ3n) is 2.42. The fourth-order valence-electron chi connectivity index (χ4n) is 1.98. The Morgan fingerprint density at radius 2 is 2.07 bits per heavy atom. The molecule has 1 heterocycles. The van der Waals surface area contributed by atoms with E-state index in [1.165, 1.54) is 4.31 Å². The Hall–Kier alpha value is -0.130. The van der Waals surface area contributed by atoms with Gasteiger partial charge >= 0.3 is 0 Å². The fraction of sp³-hybridized carbons (Fsp3) is 1.00. The van der Waals surface area contributed by atoms with Crippen LogP contribution in [-0.4, -0.2) is 41.8 Å². The van der Waals surface area contributed by atoms with E-state index >= 15 is 0 Å². The second-order valence-corrected chi connectivity index (χ2v) is 6.69. The second-order valence-electron chi connectivity index (χ2n) is 4.65. The lowest BCUT2D eigenvalue weighted by molar-refractivity contribution is 0.0524. The molecule has 0 spiro atoms. The minimum Gasteiger partial charge on any atom is -0.390 e. The van der Waals surface area contributed by atoms with Gasteiger partial charge in [-0.2, -0.15) is 4.31 Å². The molecule has 1 atom stereocenters. The highest BCUT2D eigenvalue weighted by molar-refractivity contribution is 7.89. The highest BCUT2D eigenvalue weighted by Gasteiger charge is 2.34. The predicted octanol–water partition coefficient (Wildman–Crippen LogP) is 0.571. The van der Waals surface area contributed by atoms with Crippen molar-refractivity contribution in [2.45, 2.75) is 45.3 Å². The third-order valence-corrected chi connectivity index (χ3v) is 4.49. The van der Waals surface area contributed by atoms with Crippen molar-refractivity contribution in [1.82, 2.24) is 4.31 Å². The van der Waals surface area contributed by atoms with Crippen molar-refractivity contribution in [2.75, 3.05) is 12.3 Å². The Morgan fingerprint density at radius 1 is 1.50 bits per heavy atom. The van der Waals surface area contributed by atoms with Gasteiger partial charge in [-0.3, -0.25) is 0 Å². The van der Waals surface area contributed by atoms with Crippen LogP contribution in [0.2, 0.25) is 0 Å². The molecule has 0 aliphatic carbocycles. The smallest absolute Gasteiger partial charge is 0.214 e. The van der Waals surface area contributed by atoms with Crippen LogP contribution in [0.4, 0.5) is 0 Å². The average Bonchev–Trinajstić information content (AvgIpc) is 2.25. The minimum atomic E-state index is -3.04. The van der Waals surface area contributed by atoms with Crippen LogP contribution >= 0.6 is 0 Å². The fourth-order valence-corrected chi connectivity index (χ4v) is 3.74. The first-order chi connectivity index (χ1) is 6.22. The molecule has 0 aromatic heterocycles. The summed E-state index contributed by atoms with van der Waals surface area (Å²) in [6.07, 6.45) is 1.19. The maximum absolute atomic E-state index is 11.5. The van der Waals surface area contributed by atoms with Gasteiger partial charge in [-0.05, 0) is 33.6 Å². The van der Waals surface area contributed by atoms with Crippen molar-refractivity contribution in [3.63, 3.8) is 0 Å². The maximum atomic E-state index is 11.5. The van der Waals surface area contributed by atoms with Crippen molar-refractivity contribution in [3.8, 4) is 0 Å². The highest BCUT2D eigenvalue weighted by Crippen LogP contribution is 2.22. The molecule has 0 aromatic carbocycles. The molecule has 1 aliphatic rings. The van der Waals surface area contributed by atoms with Crippen molar-refractivity contribution < 1.29 is 13.5 Å². The Bertz CT molecular complexity index is 292. The molecule has 0 aromatic rings. The summed E-state index contributed by atoms with van der Waals surface area (Å²) in [5.41, 5.74) is -0.808. The maximum Gasteiger partial charge on any atom is 0.214 e. The van der Waals surface area contributed by atoms with E-state index in [1.54, 1.807) is 13.8 Å². The lowest BCUT2D eigenvalue weighted by Crippen LogP contribution is -2.39. The molecule has 4 nitrogen and oxygen atoms in total. The summed E-state index contributed by atoms with van der Waals surface area (Å²) in [5, 5.41) is 9.60. The topological polar surface area (TPSA) is 57.6 Å². The monoisotopic (exact) mass is 221 g/mol. The first-order valence-corrected chi connectivity index (χ1v) is 6.55. The lowest BCUT2D eigenvalue weighted by Gasteiger charge is -2.28. The standard InChI is InChI=1S/C9H19NO3S/c1-8(7-9(2,3)11)10-5-4-6-14(10,12)13/h8,11H,4-7H2,1-3H3. The van der Waals surface area contributed by atoms with Gasteiger partial charge in [0, 0.05) is 12.6 Å². The van der Waals surface area contributed by atoms with Gasteiger partial charge in [-0.25, -0.2) is 8.42 Å². The SMILES string of the molecule is CC(CC(C)(C)O)N1CCCS1(=O)=O. The Balaban J connectivity index is 2.66. The summed E-state index contributed by atoms with van der Waals surface area (Å²) >= 11 is 0. The van der Waals surface area contributed by atoms with Gasteiger partial charge in [0.25, 0.3) is 0 Å². The largest absolute Gasteiger partial charge is 0.390 e. The van der Waals surface area contributed by atoms with Crippen LogP contribution in [0.1, 0.15) is 33.6 Å². The number of aliphatic hydroxyl groups is 1. The van der Waals surface area contributed by atoms with E-state index in [0.717, 1.165) is 0 Å². The molecule has 1 saturated heterocycles. The van der Waals surface area contributed by atoms with Crippen LogP contribution in [0.3, 0.4) is 0 Å². The Labute approximate surface area is 86.0 Å². The molecule has 1 N–H and O–H groups in total. The van der Waals surface area contributed by atoms with Crippen molar-refractivity contribution >= 4 is 10.0 Å². The van der Waals surface area contributed by atoms with Crippen LogP contribution in [0, 0.1) is 0 Å². The van der Waals surface area contributed by atoms with Crippen LogP contribution in [0.25, 0.3) is 0 Å². The zero-order valence-electron chi connectivity index (χ0n) is 9.02. The van der Waals surface area contributed by atoms with Gasteiger partial charge in [0.2, 0.25) is 10.0 Å². The van der Waals surface area contributed by atoms with Crippen molar-refractivity contribution in [1.29, 1.82) is 0 Å². The Morgan fingerprint density at radius 3 is 2.43 bits per heavy atom. The number of nitrogens with zero attached hydrogens (tertiary/aromatic N) is 1. The molecule has 14 heavy (non-hydrogen) atoms. The van der Waals surface area contributed by atoms with Crippen molar-refractivity contribution in [2.24, 2.45) is 0 Å². The normalized spacial score (nSPS) is 25.1. The molecule has 0 saturated carbocycles. The molecule has 1 rings (SSSR count). The van der Waals surface area contributed by atoms with E-state index in [0.29, 0.717) is 19.4 Å². The molecule has 84 valence electrons. The summed E-state index contributed by atoms with van der Waals surface area (Å²) in [5.74, 6) is 0.253. The zero-order chi connectivity index (χ0) is 11.0. The van der Waals surface area contributed by atoms with Gasteiger partial charge < -0.3 is 5.11 Å². The van der Waals surface area contributed by atoms with E-state index in [9.17, 15) is 13.5 Å². The highest BCUT2D eigenvalue weighted by atomic mass is 32.2. The molecule has 0 bridgehead atoms. The predicted molar refractivity (Wildman–Crippen MR) is 55.5 cm³/mol. The number of hydrogen-bond acceptors (Lipinski definition) is 3. The van der Waals surface area contributed by atoms with Gasteiger partial charge in [0.1, 0.15) is 0 Å². The first-order valence-electron chi connectivity index (χ1n) is 4.94. The Kier molecular flexibility index (Phi) is 3.23.